The minimum absolute atomic E-state index is 0.610. The lowest BCUT2D eigenvalue weighted by molar-refractivity contribution is 0.619. The number of oxazole rings is 1. The summed E-state index contributed by atoms with van der Waals surface area (Å²) in [5.41, 5.74) is 2.88. The van der Waals surface area contributed by atoms with E-state index in [1.165, 1.54) is 5.56 Å². The Kier molecular flexibility index (Phi) is 2.04. The zero-order valence-corrected chi connectivity index (χ0v) is 9.84. The maximum Gasteiger partial charge on any atom is 0.256 e. The van der Waals surface area contributed by atoms with Crippen LogP contribution in [-0.4, -0.2) is 9.97 Å². The van der Waals surface area contributed by atoms with Gasteiger partial charge in [0.2, 0.25) is 0 Å². The van der Waals surface area contributed by atoms with Crippen molar-refractivity contribution in [3.05, 3.63) is 34.8 Å². The predicted octanol–water partition coefficient (Wildman–Crippen LogP) is 3.57. The molecule has 0 N–H and O–H groups in total. The Balaban J connectivity index is 2.18. The summed E-state index contributed by atoms with van der Waals surface area (Å²) in [4.78, 5) is 9.85. The van der Waals surface area contributed by atoms with Crippen LogP contribution in [0.15, 0.2) is 28.8 Å². The summed E-state index contributed by atoms with van der Waals surface area (Å²) in [6.07, 6.45) is 1.83. The van der Waals surface area contributed by atoms with Gasteiger partial charge >= 0.3 is 0 Å². The summed E-state index contributed by atoms with van der Waals surface area (Å²) >= 11 is 1.59. The second kappa shape index (κ2) is 3.42. The highest BCUT2D eigenvalue weighted by Gasteiger charge is 2.11. The minimum atomic E-state index is 0.610. The van der Waals surface area contributed by atoms with Crippen LogP contribution in [0.25, 0.3) is 22.0 Å². The van der Waals surface area contributed by atoms with Crippen LogP contribution in [0, 0.1) is 13.8 Å². The topological polar surface area (TPSA) is 38.9 Å². The molecule has 3 rings (SSSR count). The first-order chi connectivity index (χ1) is 7.72. The van der Waals surface area contributed by atoms with Crippen molar-refractivity contribution in [3.63, 3.8) is 0 Å². The highest BCUT2D eigenvalue weighted by atomic mass is 32.1. The zero-order chi connectivity index (χ0) is 11.1. The van der Waals surface area contributed by atoms with Crippen LogP contribution in [0.4, 0.5) is 0 Å². The molecule has 0 spiro atoms. The molecule has 0 bridgehead atoms. The number of hydrogen-bond donors (Lipinski definition) is 0. The standard InChI is InChI=1S/C12H10N2OS/c1-7-3-4-9-10(5-7)15-11(14-9)12-13-6-8(2)16-12/h3-6H,1-2H3. The van der Waals surface area contributed by atoms with Crippen molar-refractivity contribution < 1.29 is 4.42 Å². The number of nitrogens with zero attached hydrogens (tertiary/aromatic N) is 2. The Labute approximate surface area is 96.8 Å². The van der Waals surface area contributed by atoms with Gasteiger partial charge in [0, 0.05) is 11.1 Å². The van der Waals surface area contributed by atoms with E-state index in [0.29, 0.717) is 5.89 Å². The molecule has 3 aromatic rings. The summed E-state index contributed by atoms with van der Waals surface area (Å²) < 4.78 is 5.69. The maximum absolute atomic E-state index is 5.69. The highest BCUT2D eigenvalue weighted by Crippen LogP contribution is 2.27. The van der Waals surface area contributed by atoms with Crippen LogP contribution in [0.1, 0.15) is 10.4 Å². The smallest absolute Gasteiger partial charge is 0.256 e. The van der Waals surface area contributed by atoms with E-state index in [-0.39, 0.29) is 0 Å². The van der Waals surface area contributed by atoms with Gasteiger partial charge in [-0.2, -0.15) is 0 Å². The quantitative estimate of drug-likeness (QED) is 0.641. The van der Waals surface area contributed by atoms with Crippen molar-refractivity contribution in [1.29, 1.82) is 0 Å². The average Bonchev–Trinajstić information content (AvgIpc) is 2.83. The zero-order valence-electron chi connectivity index (χ0n) is 9.02. The molecule has 0 aliphatic rings. The van der Waals surface area contributed by atoms with E-state index in [9.17, 15) is 0 Å². The lowest BCUT2D eigenvalue weighted by Gasteiger charge is -1.88. The van der Waals surface area contributed by atoms with Crippen molar-refractivity contribution in [2.45, 2.75) is 13.8 Å². The Morgan fingerprint density at radius 3 is 2.88 bits per heavy atom. The molecule has 80 valence electrons. The molecule has 2 aromatic heterocycles. The first kappa shape index (κ1) is 9.54. The van der Waals surface area contributed by atoms with Gasteiger partial charge in [-0.1, -0.05) is 6.07 Å². The number of fused-ring (bicyclic) bond motifs is 1. The molecule has 0 radical (unpaired) electrons. The van der Waals surface area contributed by atoms with Gasteiger partial charge in [-0.05, 0) is 31.5 Å². The van der Waals surface area contributed by atoms with Crippen LogP contribution in [0.3, 0.4) is 0 Å². The SMILES string of the molecule is Cc1ccc2nc(-c3ncc(C)s3)oc2c1. The number of rotatable bonds is 1. The van der Waals surface area contributed by atoms with E-state index in [0.717, 1.165) is 21.0 Å². The minimum Gasteiger partial charge on any atom is -0.434 e. The third-order valence-electron chi connectivity index (χ3n) is 2.35. The molecular weight excluding hydrogens is 220 g/mol. The van der Waals surface area contributed by atoms with Gasteiger partial charge in [-0.15, -0.1) is 11.3 Å². The second-order valence-corrected chi connectivity index (χ2v) is 5.00. The molecule has 0 atom stereocenters. The summed E-state index contributed by atoms with van der Waals surface area (Å²) in [6.45, 7) is 4.06. The third-order valence-corrected chi connectivity index (χ3v) is 3.25. The fourth-order valence-electron chi connectivity index (χ4n) is 1.58. The fourth-order valence-corrected chi connectivity index (χ4v) is 2.27. The van der Waals surface area contributed by atoms with Crippen LogP contribution in [0.5, 0.6) is 0 Å². The van der Waals surface area contributed by atoms with Gasteiger partial charge in [0.25, 0.3) is 5.89 Å². The molecule has 4 heteroatoms. The van der Waals surface area contributed by atoms with E-state index in [4.69, 9.17) is 4.42 Å². The summed E-state index contributed by atoms with van der Waals surface area (Å²) in [7, 11) is 0. The first-order valence-electron chi connectivity index (χ1n) is 5.02. The van der Waals surface area contributed by atoms with E-state index >= 15 is 0 Å². The second-order valence-electron chi connectivity index (χ2n) is 3.77. The van der Waals surface area contributed by atoms with Gasteiger partial charge < -0.3 is 4.42 Å². The lowest BCUT2D eigenvalue weighted by atomic mass is 10.2. The first-order valence-corrected chi connectivity index (χ1v) is 5.84. The molecule has 0 saturated heterocycles. The van der Waals surface area contributed by atoms with Gasteiger partial charge in [-0.3, -0.25) is 0 Å². The van der Waals surface area contributed by atoms with E-state index in [1.807, 2.05) is 38.2 Å². The third kappa shape index (κ3) is 1.51. The maximum atomic E-state index is 5.69. The molecule has 0 aliphatic heterocycles. The molecule has 0 aliphatic carbocycles. The van der Waals surface area contributed by atoms with Gasteiger partial charge in [-0.25, -0.2) is 9.97 Å². The van der Waals surface area contributed by atoms with Crippen molar-refractivity contribution in [2.75, 3.05) is 0 Å². The summed E-state index contributed by atoms with van der Waals surface area (Å²) in [5, 5.41) is 0.839. The van der Waals surface area contributed by atoms with Gasteiger partial charge in [0.05, 0.1) is 0 Å². The average molecular weight is 230 g/mol. The van der Waals surface area contributed by atoms with Crippen molar-refractivity contribution in [1.82, 2.24) is 9.97 Å². The number of benzene rings is 1. The molecule has 0 unspecified atom stereocenters. The van der Waals surface area contributed by atoms with Crippen LogP contribution < -0.4 is 0 Å². The van der Waals surface area contributed by atoms with E-state index in [2.05, 4.69) is 9.97 Å². The molecule has 2 heterocycles. The Morgan fingerprint density at radius 1 is 1.25 bits per heavy atom. The van der Waals surface area contributed by atoms with Crippen LogP contribution >= 0.6 is 11.3 Å². The molecule has 16 heavy (non-hydrogen) atoms. The van der Waals surface area contributed by atoms with Crippen molar-refractivity contribution in [2.24, 2.45) is 0 Å². The monoisotopic (exact) mass is 230 g/mol. The number of aromatic nitrogens is 2. The van der Waals surface area contributed by atoms with E-state index in [1.54, 1.807) is 11.3 Å². The van der Waals surface area contributed by atoms with Crippen LogP contribution in [0.2, 0.25) is 0 Å². The largest absolute Gasteiger partial charge is 0.434 e. The summed E-state index contributed by atoms with van der Waals surface area (Å²) in [5.74, 6) is 0.610. The molecule has 3 nitrogen and oxygen atoms in total. The molecule has 0 fully saturated rings. The fraction of sp³-hybridized carbons (Fsp3) is 0.167. The molecule has 1 aromatic carbocycles. The molecular formula is C12H10N2OS. The van der Waals surface area contributed by atoms with Crippen LogP contribution in [-0.2, 0) is 0 Å². The van der Waals surface area contributed by atoms with Crippen molar-refractivity contribution >= 4 is 22.4 Å². The molecule has 0 saturated carbocycles. The number of hydrogen-bond acceptors (Lipinski definition) is 4. The van der Waals surface area contributed by atoms with Gasteiger partial charge in [0.15, 0.2) is 10.6 Å². The number of aryl methyl sites for hydroxylation is 2. The lowest BCUT2D eigenvalue weighted by Crippen LogP contribution is -1.73. The normalized spacial score (nSPS) is 11.1. The molecule has 0 amide bonds. The summed E-state index contributed by atoms with van der Waals surface area (Å²) in [6, 6.07) is 5.99. The Bertz CT molecular complexity index is 654. The van der Waals surface area contributed by atoms with Gasteiger partial charge in [0.1, 0.15) is 5.52 Å². The Hall–Kier alpha value is -1.68. The Morgan fingerprint density at radius 2 is 2.12 bits per heavy atom. The van der Waals surface area contributed by atoms with E-state index < -0.39 is 0 Å². The highest BCUT2D eigenvalue weighted by molar-refractivity contribution is 7.14. The predicted molar refractivity (Wildman–Crippen MR) is 64.6 cm³/mol. The number of thiazole rings is 1. The van der Waals surface area contributed by atoms with Crippen molar-refractivity contribution in [3.8, 4) is 10.9 Å².